The molecule has 0 bridgehead atoms. The molecule has 1 amide bonds. The molecule has 0 atom stereocenters. The molecule has 0 spiro atoms. The van der Waals surface area contributed by atoms with Crippen LogP contribution in [0.4, 0.5) is 5.69 Å². The van der Waals surface area contributed by atoms with Gasteiger partial charge in [0.2, 0.25) is 0 Å². The van der Waals surface area contributed by atoms with E-state index in [1.54, 1.807) is 6.21 Å². The summed E-state index contributed by atoms with van der Waals surface area (Å²) in [5.74, 6) is -0.524. The molecule has 28 heavy (non-hydrogen) atoms. The fourth-order valence-corrected chi connectivity index (χ4v) is 3.10. The molecule has 0 fully saturated rings. The standard InChI is InChI=1S/C20H17ClN4O3/c1-13-9-16(14(2)24(13)18-7-4-6-17(21)11-18)12-22-23-20(26)15-5-3-8-19(10-15)25(27)28/h3-12H,1-2H3,(H,23,26)/b22-12-. The van der Waals surface area contributed by atoms with Crippen molar-refractivity contribution in [3.63, 3.8) is 0 Å². The second kappa shape index (κ2) is 8.06. The van der Waals surface area contributed by atoms with Crippen LogP contribution in [0.15, 0.2) is 59.7 Å². The van der Waals surface area contributed by atoms with E-state index in [9.17, 15) is 14.9 Å². The first-order valence-corrected chi connectivity index (χ1v) is 8.77. The van der Waals surface area contributed by atoms with Gasteiger partial charge in [0, 0.05) is 45.4 Å². The van der Waals surface area contributed by atoms with Crippen molar-refractivity contribution in [1.29, 1.82) is 0 Å². The number of hydrogen-bond donors (Lipinski definition) is 1. The van der Waals surface area contributed by atoms with Gasteiger partial charge >= 0.3 is 0 Å². The Bertz CT molecular complexity index is 1090. The van der Waals surface area contributed by atoms with Crippen LogP contribution >= 0.6 is 11.6 Å². The van der Waals surface area contributed by atoms with Crippen molar-refractivity contribution in [3.8, 4) is 5.69 Å². The summed E-state index contributed by atoms with van der Waals surface area (Å²) in [6, 6.07) is 14.9. The van der Waals surface area contributed by atoms with E-state index in [0.717, 1.165) is 22.6 Å². The van der Waals surface area contributed by atoms with Crippen molar-refractivity contribution >= 4 is 29.4 Å². The first-order chi connectivity index (χ1) is 13.4. The third-order valence-electron chi connectivity index (χ3n) is 4.23. The normalized spacial score (nSPS) is 11.0. The SMILES string of the molecule is Cc1cc(/C=N\NC(=O)c2cccc([N+](=O)[O-])c2)c(C)n1-c1cccc(Cl)c1. The fraction of sp³-hybridized carbons (Fsp3) is 0.100. The summed E-state index contributed by atoms with van der Waals surface area (Å²) in [5.41, 5.74) is 6.10. The number of aryl methyl sites for hydroxylation is 1. The Hall–Kier alpha value is -3.45. The van der Waals surface area contributed by atoms with Gasteiger partial charge in [-0.25, -0.2) is 5.43 Å². The quantitative estimate of drug-likeness (QED) is 0.393. The van der Waals surface area contributed by atoms with Gasteiger partial charge in [0.15, 0.2) is 0 Å². The van der Waals surface area contributed by atoms with E-state index in [1.807, 2.05) is 48.7 Å². The Labute approximate surface area is 166 Å². The molecule has 1 aromatic heterocycles. The van der Waals surface area contributed by atoms with Gasteiger partial charge in [0.05, 0.1) is 11.1 Å². The molecule has 0 aliphatic heterocycles. The van der Waals surface area contributed by atoms with Crippen molar-refractivity contribution in [3.05, 3.63) is 92.2 Å². The molecule has 8 heteroatoms. The van der Waals surface area contributed by atoms with Gasteiger partial charge in [-0.2, -0.15) is 5.10 Å². The maximum atomic E-state index is 12.2. The van der Waals surface area contributed by atoms with Crippen LogP contribution in [0.3, 0.4) is 0 Å². The summed E-state index contributed by atoms with van der Waals surface area (Å²) < 4.78 is 2.04. The molecule has 142 valence electrons. The Balaban J connectivity index is 1.78. The molecule has 7 nitrogen and oxygen atoms in total. The summed E-state index contributed by atoms with van der Waals surface area (Å²) in [4.78, 5) is 22.4. The average Bonchev–Trinajstić information content (AvgIpc) is 2.95. The number of benzene rings is 2. The number of nitrogens with one attached hydrogen (secondary N) is 1. The Kier molecular flexibility index (Phi) is 5.56. The van der Waals surface area contributed by atoms with Crippen LogP contribution in [-0.2, 0) is 0 Å². The molecule has 0 aliphatic carbocycles. The van der Waals surface area contributed by atoms with E-state index in [4.69, 9.17) is 11.6 Å². The third kappa shape index (κ3) is 4.10. The minimum absolute atomic E-state index is 0.151. The highest BCUT2D eigenvalue weighted by molar-refractivity contribution is 6.30. The predicted octanol–water partition coefficient (Wildman–Crippen LogP) is 4.42. The second-order valence-electron chi connectivity index (χ2n) is 6.15. The predicted molar refractivity (Wildman–Crippen MR) is 108 cm³/mol. The van der Waals surface area contributed by atoms with Crippen molar-refractivity contribution < 1.29 is 9.72 Å². The van der Waals surface area contributed by atoms with Crippen LogP contribution in [-0.4, -0.2) is 21.6 Å². The molecular weight excluding hydrogens is 380 g/mol. The molecular formula is C20H17ClN4O3. The molecule has 3 aromatic rings. The molecule has 0 radical (unpaired) electrons. The molecule has 1 heterocycles. The Morgan fingerprint density at radius 2 is 1.93 bits per heavy atom. The number of carbonyl (C=O) groups is 1. The Morgan fingerprint density at radius 3 is 2.64 bits per heavy atom. The molecule has 0 unspecified atom stereocenters. The topological polar surface area (TPSA) is 89.5 Å². The molecule has 0 aliphatic rings. The van der Waals surface area contributed by atoms with Crippen molar-refractivity contribution in [1.82, 2.24) is 9.99 Å². The van der Waals surface area contributed by atoms with Gasteiger partial charge in [-0.05, 0) is 44.2 Å². The van der Waals surface area contributed by atoms with Crippen LogP contribution in [0.2, 0.25) is 5.02 Å². The van der Waals surface area contributed by atoms with Gasteiger partial charge in [-0.3, -0.25) is 14.9 Å². The smallest absolute Gasteiger partial charge is 0.271 e. The van der Waals surface area contributed by atoms with Crippen LogP contribution in [0.1, 0.15) is 27.3 Å². The first kappa shape index (κ1) is 19.3. The third-order valence-corrected chi connectivity index (χ3v) is 4.46. The van der Waals surface area contributed by atoms with E-state index < -0.39 is 10.8 Å². The highest BCUT2D eigenvalue weighted by atomic mass is 35.5. The number of aromatic nitrogens is 1. The van der Waals surface area contributed by atoms with Crippen LogP contribution in [0.25, 0.3) is 5.69 Å². The lowest BCUT2D eigenvalue weighted by Gasteiger charge is -2.09. The van der Waals surface area contributed by atoms with Gasteiger partial charge < -0.3 is 4.57 Å². The maximum absolute atomic E-state index is 12.2. The zero-order valence-corrected chi connectivity index (χ0v) is 16.0. The highest BCUT2D eigenvalue weighted by Gasteiger charge is 2.12. The average molecular weight is 397 g/mol. The largest absolute Gasteiger partial charge is 0.318 e. The number of hydrazone groups is 1. The van der Waals surface area contributed by atoms with Crippen LogP contribution in [0, 0.1) is 24.0 Å². The second-order valence-corrected chi connectivity index (χ2v) is 6.58. The zero-order chi connectivity index (χ0) is 20.3. The molecule has 0 saturated heterocycles. The number of hydrogen-bond acceptors (Lipinski definition) is 4. The number of non-ortho nitro benzene ring substituents is 1. The van der Waals surface area contributed by atoms with Crippen molar-refractivity contribution in [2.75, 3.05) is 0 Å². The number of nitro benzene ring substituents is 1. The number of carbonyl (C=O) groups excluding carboxylic acids is 1. The first-order valence-electron chi connectivity index (χ1n) is 8.39. The number of nitro groups is 1. The van der Waals surface area contributed by atoms with Gasteiger partial charge in [0.1, 0.15) is 0 Å². The van der Waals surface area contributed by atoms with Crippen LogP contribution < -0.4 is 5.43 Å². The number of amides is 1. The minimum atomic E-state index is -0.551. The van der Waals surface area contributed by atoms with Crippen LogP contribution in [0.5, 0.6) is 0 Å². The molecule has 0 saturated carbocycles. The van der Waals surface area contributed by atoms with Gasteiger partial charge in [-0.15, -0.1) is 0 Å². The summed E-state index contributed by atoms with van der Waals surface area (Å²) in [6.45, 7) is 3.91. The molecule has 3 rings (SSSR count). The lowest BCUT2D eigenvalue weighted by Crippen LogP contribution is -2.17. The summed E-state index contributed by atoms with van der Waals surface area (Å²) in [7, 11) is 0. The molecule has 2 aromatic carbocycles. The van der Waals surface area contributed by atoms with E-state index in [0.29, 0.717) is 5.02 Å². The highest BCUT2D eigenvalue weighted by Crippen LogP contribution is 2.22. The van der Waals surface area contributed by atoms with E-state index in [1.165, 1.54) is 24.3 Å². The number of halogens is 1. The monoisotopic (exact) mass is 396 g/mol. The van der Waals surface area contributed by atoms with Crippen molar-refractivity contribution in [2.45, 2.75) is 13.8 Å². The maximum Gasteiger partial charge on any atom is 0.271 e. The van der Waals surface area contributed by atoms with E-state index in [-0.39, 0.29) is 11.3 Å². The van der Waals surface area contributed by atoms with E-state index >= 15 is 0 Å². The summed E-state index contributed by atoms with van der Waals surface area (Å²) in [5, 5.41) is 15.4. The summed E-state index contributed by atoms with van der Waals surface area (Å²) >= 11 is 6.08. The Morgan fingerprint density at radius 1 is 1.18 bits per heavy atom. The molecule has 1 N–H and O–H groups in total. The lowest BCUT2D eigenvalue weighted by molar-refractivity contribution is -0.384. The summed E-state index contributed by atoms with van der Waals surface area (Å²) in [6.07, 6.45) is 1.54. The van der Waals surface area contributed by atoms with Crippen molar-refractivity contribution in [2.24, 2.45) is 5.10 Å². The lowest BCUT2D eigenvalue weighted by atomic mass is 10.2. The number of nitrogens with zero attached hydrogens (tertiary/aromatic N) is 3. The zero-order valence-electron chi connectivity index (χ0n) is 15.2. The minimum Gasteiger partial charge on any atom is -0.318 e. The fourth-order valence-electron chi connectivity index (χ4n) is 2.92. The number of rotatable bonds is 5. The van der Waals surface area contributed by atoms with E-state index in [2.05, 4.69) is 10.5 Å². The van der Waals surface area contributed by atoms with Gasteiger partial charge in [0.25, 0.3) is 11.6 Å². The van der Waals surface area contributed by atoms with Gasteiger partial charge in [-0.1, -0.05) is 23.7 Å².